The maximum Gasteiger partial charge on any atom is 0.270 e. The van der Waals surface area contributed by atoms with E-state index in [1.165, 1.54) is 12.1 Å². The Morgan fingerprint density at radius 2 is 1.50 bits per heavy atom. The first-order valence-electron chi connectivity index (χ1n) is 10.0. The number of carbonyl (C=O) groups excluding carboxylic acids is 1. The van der Waals surface area contributed by atoms with E-state index in [0.717, 1.165) is 16.7 Å². The van der Waals surface area contributed by atoms with Crippen LogP contribution in [0.3, 0.4) is 0 Å². The predicted molar refractivity (Wildman–Crippen MR) is 124 cm³/mol. The van der Waals surface area contributed by atoms with E-state index in [-0.39, 0.29) is 16.3 Å². The SMILES string of the molecule is Cc1cc(C)c(Oc2nc3ccccc3cc2C(=O)NS(=O)(=O)c2ccccc2)c(C)c1. The molecule has 1 N–H and O–H groups in total. The summed E-state index contributed by atoms with van der Waals surface area (Å²) in [6.45, 7) is 5.82. The van der Waals surface area contributed by atoms with E-state index >= 15 is 0 Å². The Hall–Kier alpha value is -3.71. The molecule has 0 bridgehead atoms. The van der Waals surface area contributed by atoms with Gasteiger partial charge in [0.2, 0.25) is 5.88 Å². The smallest absolute Gasteiger partial charge is 0.270 e. The predicted octanol–water partition coefficient (Wildman–Crippen LogP) is 5.07. The first-order chi connectivity index (χ1) is 15.2. The molecule has 1 aromatic heterocycles. The van der Waals surface area contributed by atoms with Crippen LogP contribution in [0.25, 0.3) is 10.9 Å². The summed E-state index contributed by atoms with van der Waals surface area (Å²) in [4.78, 5) is 17.6. The maximum absolute atomic E-state index is 13.1. The van der Waals surface area contributed by atoms with Crippen LogP contribution in [0.1, 0.15) is 27.0 Å². The van der Waals surface area contributed by atoms with Crippen LogP contribution in [0.5, 0.6) is 11.6 Å². The third-order valence-electron chi connectivity index (χ3n) is 5.02. The lowest BCUT2D eigenvalue weighted by Crippen LogP contribution is -2.31. The number of amides is 1. The number of aromatic nitrogens is 1. The van der Waals surface area contributed by atoms with Crippen molar-refractivity contribution in [3.63, 3.8) is 0 Å². The molecule has 32 heavy (non-hydrogen) atoms. The van der Waals surface area contributed by atoms with Crippen molar-refractivity contribution in [2.75, 3.05) is 0 Å². The number of nitrogens with one attached hydrogen (secondary N) is 1. The summed E-state index contributed by atoms with van der Waals surface area (Å²) < 4.78 is 33.6. The van der Waals surface area contributed by atoms with Crippen LogP contribution < -0.4 is 9.46 Å². The van der Waals surface area contributed by atoms with Gasteiger partial charge in [0.1, 0.15) is 11.3 Å². The van der Waals surface area contributed by atoms with E-state index in [1.54, 1.807) is 36.4 Å². The molecule has 6 nitrogen and oxygen atoms in total. The molecule has 0 radical (unpaired) electrons. The molecule has 0 saturated carbocycles. The van der Waals surface area contributed by atoms with E-state index < -0.39 is 15.9 Å². The molecule has 3 aromatic carbocycles. The highest BCUT2D eigenvalue weighted by Crippen LogP contribution is 2.32. The minimum atomic E-state index is -4.06. The Kier molecular flexibility index (Phi) is 5.67. The molecule has 4 aromatic rings. The van der Waals surface area contributed by atoms with Crippen LogP contribution in [0.15, 0.2) is 77.7 Å². The number of fused-ring (bicyclic) bond motifs is 1. The van der Waals surface area contributed by atoms with Crippen LogP contribution in [-0.2, 0) is 10.0 Å². The minimum Gasteiger partial charge on any atom is -0.438 e. The number of sulfonamides is 1. The number of ether oxygens (including phenoxy) is 1. The van der Waals surface area contributed by atoms with E-state index in [0.29, 0.717) is 16.7 Å². The van der Waals surface area contributed by atoms with Gasteiger partial charge in [0.25, 0.3) is 15.9 Å². The highest BCUT2D eigenvalue weighted by molar-refractivity contribution is 7.90. The molecule has 1 amide bonds. The van der Waals surface area contributed by atoms with E-state index in [9.17, 15) is 13.2 Å². The average molecular weight is 447 g/mol. The number of carbonyl (C=O) groups is 1. The van der Waals surface area contributed by atoms with Gasteiger partial charge in [-0.25, -0.2) is 18.1 Å². The summed E-state index contributed by atoms with van der Waals surface area (Å²) >= 11 is 0. The molecule has 0 aliphatic rings. The van der Waals surface area contributed by atoms with Crippen LogP contribution in [0.4, 0.5) is 0 Å². The Labute approximate surface area is 186 Å². The monoisotopic (exact) mass is 446 g/mol. The number of rotatable bonds is 5. The Morgan fingerprint density at radius 3 is 2.19 bits per heavy atom. The number of pyridine rings is 1. The van der Waals surface area contributed by atoms with Gasteiger partial charge in [-0.05, 0) is 56.2 Å². The third-order valence-corrected chi connectivity index (χ3v) is 6.36. The van der Waals surface area contributed by atoms with Gasteiger partial charge in [-0.1, -0.05) is 54.1 Å². The fourth-order valence-electron chi connectivity index (χ4n) is 3.60. The number of hydrogen-bond acceptors (Lipinski definition) is 5. The van der Waals surface area contributed by atoms with Gasteiger partial charge in [0, 0.05) is 5.39 Å². The summed E-state index contributed by atoms with van der Waals surface area (Å²) in [5.41, 5.74) is 3.53. The van der Waals surface area contributed by atoms with Crippen molar-refractivity contribution in [2.45, 2.75) is 25.7 Å². The Morgan fingerprint density at radius 1 is 0.875 bits per heavy atom. The molecule has 4 rings (SSSR count). The fourth-order valence-corrected chi connectivity index (χ4v) is 4.59. The second-order valence-electron chi connectivity index (χ2n) is 7.61. The molecular formula is C25H22N2O4S. The first-order valence-corrected chi connectivity index (χ1v) is 11.5. The molecule has 0 fully saturated rings. The Balaban J connectivity index is 1.79. The lowest BCUT2D eigenvalue weighted by atomic mass is 10.1. The fraction of sp³-hybridized carbons (Fsp3) is 0.120. The van der Waals surface area contributed by atoms with Crippen molar-refractivity contribution >= 4 is 26.8 Å². The summed E-state index contributed by atoms with van der Waals surface area (Å²) in [6.07, 6.45) is 0. The van der Waals surface area contributed by atoms with Crippen molar-refractivity contribution in [1.82, 2.24) is 9.71 Å². The second kappa shape index (κ2) is 8.43. The molecule has 0 atom stereocenters. The second-order valence-corrected chi connectivity index (χ2v) is 9.29. The van der Waals surface area contributed by atoms with Gasteiger partial charge in [-0.2, -0.15) is 0 Å². The van der Waals surface area contributed by atoms with Crippen molar-refractivity contribution in [2.24, 2.45) is 0 Å². The molecule has 0 saturated heterocycles. The lowest BCUT2D eigenvalue weighted by molar-refractivity contribution is 0.0978. The molecule has 7 heteroatoms. The summed E-state index contributed by atoms with van der Waals surface area (Å²) in [5.74, 6) is -0.192. The molecule has 0 unspecified atom stereocenters. The van der Waals surface area contributed by atoms with Gasteiger partial charge in [-0.3, -0.25) is 4.79 Å². The normalized spacial score (nSPS) is 11.3. The standard InChI is InChI=1S/C25H22N2O4S/c1-16-13-17(2)23(18(3)14-16)31-25-21(15-19-9-7-8-12-22(19)26-25)24(28)27-32(29,30)20-10-5-4-6-11-20/h4-15H,1-3H3,(H,27,28). The Bertz CT molecular complexity index is 1410. The van der Waals surface area contributed by atoms with Crippen molar-refractivity contribution < 1.29 is 17.9 Å². The van der Waals surface area contributed by atoms with Gasteiger partial charge in [-0.15, -0.1) is 0 Å². The van der Waals surface area contributed by atoms with Crippen LogP contribution in [0, 0.1) is 20.8 Å². The average Bonchev–Trinajstić information content (AvgIpc) is 2.76. The summed E-state index contributed by atoms with van der Waals surface area (Å²) in [5, 5.41) is 0.694. The highest BCUT2D eigenvalue weighted by atomic mass is 32.2. The maximum atomic E-state index is 13.1. The number of benzene rings is 3. The number of nitrogens with zero attached hydrogens (tertiary/aromatic N) is 1. The van der Waals surface area contributed by atoms with Crippen LogP contribution >= 0.6 is 0 Å². The van der Waals surface area contributed by atoms with Gasteiger partial charge >= 0.3 is 0 Å². The zero-order valence-corrected chi connectivity index (χ0v) is 18.7. The van der Waals surface area contributed by atoms with Gasteiger partial charge < -0.3 is 4.74 Å². The largest absolute Gasteiger partial charge is 0.438 e. The third kappa shape index (κ3) is 4.33. The molecule has 0 spiro atoms. The zero-order chi connectivity index (χ0) is 22.9. The van der Waals surface area contributed by atoms with Crippen LogP contribution in [-0.4, -0.2) is 19.3 Å². The van der Waals surface area contributed by atoms with Crippen molar-refractivity contribution in [1.29, 1.82) is 0 Å². The zero-order valence-electron chi connectivity index (χ0n) is 17.9. The summed E-state index contributed by atoms with van der Waals surface area (Å²) in [6, 6.07) is 20.5. The molecular weight excluding hydrogens is 424 g/mol. The highest BCUT2D eigenvalue weighted by Gasteiger charge is 2.23. The first kappa shape index (κ1) is 21.5. The van der Waals surface area contributed by atoms with Gasteiger partial charge in [0.15, 0.2) is 0 Å². The van der Waals surface area contributed by atoms with E-state index in [4.69, 9.17) is 4.74 Å². The number of aryl methyl sites for hydroxylation is 3. The molecule has 0 aliphatic heterocycles. The minimum absolute atomic E-state index is 0.00482. The number of hydrogen-bond donors (Lipinski definition) is 1. The molecule has 0 aliphatic carbocycles. The summed E-state index contributed by atoms with van der Waals surface area (Å²) in [7, 11) is -4.06. The van der Waals surface area contributed by atoms with E-state index in [2.05, 4.69) is 9.71 Å². The lowest BCUT2D eigenvalue weighted by Gasteiger charge is -2.16. The van der Waals surface area contributed by atoms with E-state index in [1.807, 2.05) is 45.0 Å². The molecule has 162 valence electrons. The van der Waals surface area contributed by atoms with Gasteiger partial charge in [0.05, 0.1) is 10.4 Å². The topological polar surface area (TPSA) is 85.4 Å². The van der Waals surface area contributed by atoms with Crippen molar-refractivity contribution in [3.05, 3.63) is 95.1 Å². The molecule has 1 heterocycles. The quantitative estimate of drug-likeness (QED) is 0.463. The van der Waals surface area contributed by atoms with Crippen LogP contribution in [0.2, 0.25) is 0 Å². The number of para-hydroxylation sites is 1. The van der Waals surface area contributed by atoms with Crippen molar-refractivity contribution in [3.8, 4) is 11.6 Å².